The molecule has 0 saturated carbocycles. The van der Waals surface area contributed by atoms with E-state index in [0.717, 1.165) is 22.3 Å². The van der Waals surface area contributed by atoms with Gasteiger partial charge in [0.25, 0.3) is 0 Å². The van der Waals surface area contributed by atoms with Crippen LogP contribution in [0.4, 0.5) is 4.79 Å². The predicted molar refractivity (Wildman–Crippen MR) is 187 cm³/mol. The topological polar surface area (TPSA) is 129 Å². The number of hydrogen-bond donors (Lipinski definition) is 3. The largest absolute Gasteiger partial charge is 0.508 e. The summed E-state index contributed by atoms with van der Waals surface area (Å²) in [6.45, 7) is 4.38. The molecule has 1 heterocycles. The summed E-state index contributed by atoms with van der Waals surface area (Å²) >= 11 is 0. The molecule has 0 spiro atoms. The molecule has 0 aromatic heterocycles. The van der Waals surface area contributed by atoms with Gasteiger partial charge in [0, 0.05) is 13.1 Å². The predicted octanol–water partition coefficient (Wildman–Crippen LogP) is 6.38. The van der Waals surface area contributed by atoms with E-state index in [9.17, 15) is 24.7 Å². The summed E-state index contributed by atoms with van der Waals surface area (Å²) in [4.78, 5) is 18.1. The molecule has 4 atom stereocenters. The minimum Gasteiger partial charge on any atom is -0.508 e. The van der Waals surface area contributed by atoms with Crippen molar-refractivity contribution in [1.82, 2.24) is 9.80 Å². The van der Waals surface area contributed by atoms with Crippen molar-refractivity contribution < 1.29 is 38.5 Å². The van der Waals surface area contributed by atoms with Gasteiger partial charge in [-0.3, -0.25) is 4.57 Å². The van der Waals surface area contributed by atoms with E-state index >= 15 is 0 Å². The Kier molecular flexibility index (Phi) is 12.5. The summed E-state index contributed by atoms with van der Waals surface area (Å²) in [7, 11) is -3.40. The van der Waals surface area contributed by atoms with Crippen molar-refractivity contribution in [3.05, 3.63) is 131 Å². The van der Waals surface area contributed by atoms with Gasteiger partial charge < -0.3 is 38.9 Å². The van der Waals surface area contributed by atoms with E-state index in [-0.39, 0.29) is 57.3 Å². The van der Waals surface area contributed by atoms with Crippen LogP contribution >= 0.6 is 7.60 Å². The van der Waals surface area contributed by atoms with Gasteiger partial charge in [0.1, 0.15) is 23.7 Å². The van der Waals surface area contributed by atoms with E-state index in [4.69, 9.17) is 13.8 Å². The SMILES string of the molecule is CCOP(=O)(COc1ccc(C[C@@H]2[C@H](O)[C@@H](O)[C@@H](Cc3ccc(O)cc3)N(Cc3ccccc3)C(=O)N2Cc2ccccc2)cc1)OCC. The van der Waals surface area contributed by atoms with E-state index in [1.807, 2.05) is 72.8 Å². The van der Waals surface area contributed by atoms with Crippen LogP contribution in [0.1, 0.15) is 36.1 Å². The van der Waals surface area contributed by atoms with Crippen LogP contribution in [-0.4, -0.2) is 75.0 Å². The molecular formula is C38H45N2O8P. The zero-order chi connectivity index (χ0) is 34.8. The van der Waals surface area contributed by atoms with Gasteiger partial charge in [0.2, 0.25) is 0 Å². The first kappa shape index (κ1) is 36.1. The Morgan fingerprint density at radius 3 is 1.49 bits per heavy atom. The lowest BCUT2D eigenvalue weighted by atomic mass is 9.90. The highest BCUT2D eigenvalue weighted by molar-refractivity contribution is 7.53. The Bertz CT molecular complexity index is 1650. The summed E-state index contributed by atoms with van der Waals surface area (Å²) < 4.78 is 29.3. The Morgan fingerprint density at radius 1 is 0.633 bits per heavy atom. The molecule has 0 bridgehead atoms. The van der Waals surface area contributed by atoms with Crippen molar-refractivity contribution in [2.24, 2.45) is 0 Å². The van der Waals surface area contributed by atoms with E-state index < -0.39 is 31.9 Å². The maximum atomic E-state index is 14.8. The monoisotopic (exact) mass is 688 g/mol. The van der Waals surface area contributed by atoms with Gasteiger partial charge in [-0.2, -0.15) is 0 Å². The number of nitrogens with zero attached hydrogens (tertiary/aromatic N) is 2. The number of carbonyl (C=O) groups is 1. The van der Waals surface area contributed by atoms with Gasteiger partial charge in [-0.05, 0) is 73.2 Å². The highest BCUT2D eigenvalue weighted by atomic mass is 31.2. The van der Waals surface area contributed by atoms with Crippen LogP contribution in [0.15, 0.2) is 109 Å². The molecule has 49 heavy (non-hydrogen) atoms. The first-order chi connectivity index (χ1) is 23.7. The van der Waals surface area contributed by atoms with Crippen molar-refractivity contribution in [3.8, 4) is 11.5 Å². The summed E-state index contributed by atoms with van der Waals surface area (Å²) in [6.07, 6.45) is -2.31. The summed E-state index contributed by atoms with van der Waals surface area (Å²) in [5.74, 6) is 0.579. The molecular weight excluding hydrogens is 643 g/mol. The molecule has 2 amide bonds. The number of ether oxygens (including phenoxy) is 1. The van der Waals surface area contributed by atoms with Gasteiger partial charge in [0.05, 0.1) is 25.3 Å². The van der Waals surface area contributed by atoms with Crippen molar-refractivity contribution >= 4 is 13.6 Å². The van der Waals surface area contributed by atoms with Gasteiger partial charge in [0.15, 0.2) is 6.35 Å². The number of phenolic OH excluding ortho intramolecular Hbond substituents is 1. The minimum absolute atomic E-state index is 0.116. The number of carbonyl (C=O) groups excluding carboxylic acids is 1. The maximum absolute atomic E-state index is 14.8. The van der Waals surface area contributed by atoms with Crippen molar-refractivity contribution in [3.63, 3.8) is 0 Å². The number of benzene rings is 4. The average molecular weight is 689 g/mol. The molecule has 0 radical (unpaired) electrons. The van der Waals surface area contributed by atoms with Gasteiger partial charge in [-0.25, -0.2) is 4.79 Å². The number of aliphatic hydroxyl groups excluding tert-OH is 2. The molecule has 0 unspecified atom stereocenters. The fourth-order valence-electron chi connectivity index (χ4n) is 6.16. The van der Waals surface area contributed by atoms with Gasteiger partial charge in [-0.15, -0.1) is 0 Å². The molecule has 4 aromatic carbocycles. The molecule has 1 aliphatic rings. The number of hydrogen-bond acceptors (Lipinski definition) is 8. The van der Waals surface area contributed by atoms with Crippen LogP contribution in [0.25, 0.3) is 0 Å². The van der Waals surface area contributed by atoms with Crippen LogP contribution in [0, 0.1) is 0 Å². The molecule has 260 valence electrons. The van der Waals surface area contributed by atoms with Crippen molar-refractivity contribution in [2.45, 2.75) is 64.1 Å². The Morgan fingerprint density at radius 2 is 1.06 bits per heavy atom. The van der Waals surface area contributed by atoms with E-state index in [1.165, 1.54) is 0 Å². The third kappa shape index (κ3) is 9.50. The lowest BCUT2D eigenvalue weighted by Crippen LogP contribution is -2.50. The first-order valence-corrected chi connectivity index (χ1v) is 18.3. The second-order valence-electron chi connectivity index (χ2n) is 12.1. The molecule has 1 aliphatic heterocycles. The molecule has 1 saturated heterocycles. The summed E-state index contributed by atoms with van der Waals surface area (Å²) in [6, 6.07) is 31.1. The first-order valence-electron chi connectivity index (χ1n) is 16.6. The molecule has 3 N–H and O–H groups in total. The molecule has 5 rings (SSSR count). The number of aliphatic hydroxyl groups is 2. The second-order valence-corrected chi connectivity index (χ2v) is 14.1. The fourth-order valence-corrected chi connectivity index (χ4v) is 7.48. The van der Waals surface area contributed by atoms with Crippen LogP contribution in [0.2, 0.25) is 0 Å². The quantitative estimate of drug-likeness (QED) is 0.123. The Labute approximate surface area is 288 Å². The number of rotatable bonds is 15. The van der Waals surface area contributed by atoms with E-state index in [2.05, 4.69) is 0 Å². The zero-order valence-electron chi connectivity index (χ0n) is 27.9. The third-order valence-electron chi connectivity index (χ3n) is 8.61. The van der Waals surface area contributed by atoms with E-state index in [1.54, 1.807) is 60.0 Å². The summed E-state index contributed by atoms with van der Waals surface area (Å²) in [5, 5.41) is 33.8. The average Bonchev–Trinajstić information content (AvgIpc) is 3.17. The molecule has 11 heteroatoms. The van der Waals surface area contributed by atoms with Crippen LogP contribution in [0.5, 0.6) is 11.5 Å². The maximum Gasteiger partial charge on any atom is 0.367 e. The lowest BCUT2D eigenvalue weighted by Gasteiger charge is -2.36. The molecule has 1 fully saturated rings. The van der Waals surface area contributed by atoms with Gasteiger partial charge >= 0.3 is 13.6 Å². The highest BCUT2D eigenvalue weighted by Crippen LogP contribution is 2.48. The number of phenols is 1. The zero-order valence-corrected chi connectivity index (χ0v) is 28.8. The number of aromatic hydroxyl groups is 1. The number of urea groups is 1. The fraction of sp³-hybridized carbons (Fsp3) is 0.342. The Hall–Kier alpha value is -4.18. The highest BCUT2D eigenvalue weighted by Gasteiger charge is 2.46. The normalized spacial score (nSPS) is 19.9. The molecule has 0 aliphatic carbocycles. The van der Waals surface area contributed by atoms with Crippen LogP contribution < -0.4 is 4.74 Å². The number of amides is 2. The smallest absolute Gasteiger partial charge is 0.367 e. The van der Waals surface area contributed by atoms with Crippen LogP contribution in [0.3, 0.4) is 0 Å². The summed E-state index contributed by atoms with van der Waals surface area (Å²) in [5.41, 5.74) is 3.39. The third-order valence-corrected chi connectivity index (χ3v) is 10.4. The van der Waals surface area contributed by atoms with Gasteiger partial charge in [-0.1, -0.05) is 84.9 Å². The minimum atomic E-state index is -3.40. The van der Waals surface area contributed by atoms with Crippen molar-refractivity contribution in [2.75, 3.05) is 19.6 Å². The van der Waals surface area contributed by atoms with Crippen molar-refractivity contribution in [1.29, 1.82) is 0 Å². The standard InChI is InChI=1S/C38H45N2O8P/c1-3-47-49(45,48-4-2)27-46-33-21-17-29(18-22-33)24-35-37(43)36(42)34(23-28-15-19-32(41)20-16-28)39(25-30-11-7-5-8-12-30)38(44)40(35)26-31-13-9-6-10-14-31/h5-22,34-37,41-43H,3-4,23-27H2,1-2H3/t34-,35-,36+,37+/m1/s1. The molecule has 10 nitrogen and oxygen atoms in total. The molecule has 4 aromatic rings. The Balaban J connectivity index is 1.47. The van der Waals surface area contributed by atoms with E-state index in [0.29, 0.717) is 5.75 Å². The lowest BCUT2D eigenvalue weighted by molar-refractivity contribution is -0.0408. The second kappa shape index (κ2) is 17.0. The van der Waals surface area contributed by atoms with Crippen LogP contribution in [-0.2, 0) is 39.5 Å².